The Morgan fingerprint density at radius 2 is 1.57 bits per heavy atom. The lowest BCUT2D eigenvalue weighted by Crippen LogP contribution is -1.98. The largest absolute Gasteiger partial charge is 0.497 e. The van der Waals surface area contributed by atoms with Crippen molar-refractivity contribution in [1.29, 1.82) is 0 Å². The van der Waals surface area contributed by atoms with E-state index in [0.29, 0.717) is 11.6 Å². The Bertz CT molecular complexity index is 793. The summed E-state index contributed by atoms with van der Waals surface area (Å²) >= 11 is 0. The van der Waals surface area contributed by atoms with Crippen LogP contribution in [-0.2, 0) is 0 Å². The number of rotatable bonds is 5. The number of nitrogens with one attached hydrogen (secondary N) is 2. The number of ether oxygens (including phenoxy) is 1. The van der Waals surface area contributed by atoms with Crippen LogP contribution in [0.1, 0.15) is 0 Å². The Kier molecular flexibility index (Phi) is 4.33. The van der Waals surface area contributed by atoms with Crippen LogP contribution in [0.2, 0.25) is 0 Å². The van der Waals surface area contributed by atoms with Crippen molar-refractivity contribution in [2.45, 2.75) is 0 Å². The minimum atomic E-state index is -0.279. The van der Waals surface area contributed by atoms with Crippen LogP contribution >= 0.6 is 0 Å². The second kappa shape index (κ2) is 6.74. The molecule has 0 aliphatic carbocycles. The fourth-order valence-corrected chi connectivity index (χ4v) is 2.02. The molecular formula is C17H15FN4O. The summed E-state index contributed by atoms with van der Waals surface area (Å²) in [6.07, 6.45) is 1.45. The summed E-state index contributed by atoms with van der Waals surface area (Å²) in [5.41, 5.74) is 1.60. The third kappa shape index (κ3) is 3.94. The number of nitrogens with zero attached hydrogens (tertiary/aromatic N) is 2. The second-order valence-electron chi connectivity index (χ2n) is 4.78. The first-order valence-corrected chi connectivity index (χ1v) is 6.99. The minimum Gasteiger partial charge on any atom is -0.497 e. The summed E-state index contributed by atoms with van der Waals surface area (Å²) in [4.78, 5) is 8.33. The molecular weight excluding hydrogens is 295 g/mol. The van der Waals surface area contributed by atoms with Gasteiger partial charge in [0.25, 0.3) is 0 Å². The fourth-order valence-electron chi connectivity index (χ4n) is 2.02. The van der Waals surface area contributed by atoms with Crippen molar-refractivity contribution < 1.29 is 9.13 Å². The van der Waals surface area contributed by atoms with Crippen LogP contribution in [0.3, 0.4) is 0 Å². The first kappa shape index (κ1) is 14.8. The van der Waals surface area contributed by atoms with Gasteiger partial charge < -0.3 is 15.4 Å². The van der Waals surface area contributed by atoms with Crippen molar-refractivity contribution in [2.75, 3.05) is 17.7 Å². The highest BCUT2D eigenvalue weighted by Gasteiger charge is 2.02. The monoisotopic (exact) mass is 310 g/mol. The van der Waals surface area contributed by atoms with Crippen LogP contribution in [0.4, 0.5) is 27.4 Å². The van der Waals surface area contributed by atoms with E-state index < -0.39 is 0 Å². The molecule has 1 aromatic heterocycles. The molecule has 2 aromatic carbocycles. The third-order valence-electron chi connectivity index (χ3n) is 3.13. The van der Waals surface area contributed by atoms with Crippen LogP contribution in [0, 0.1) is 5.82 Å². The SMILES string of the molecule is COc1cccc(Nc2cc(Nc3ccc(F)cc3)ncn2)c1. The fraction of sp³-hybridized carbons (Fsp3) is 0.0588. The number of methoxy groups -OCH3 is 1. The highest BCUT2D eigenvalue weighted by Crippen LogP contribution is 2.22. The number of benzene rings is 2. The summed E-state index contributed by atoms with van der Waals surface area (Å²) in [6.45, 7) is 0. The van der Waals surface area contributed by atoms with Gasteiger partial charge >= 0.3 is 0 Å². The van der Waals surface area contributed by atoms with E-state index in [9.17, 15) is 4.39 Å². The van der Waals surface area contributed by atoms with Crippen LogP contribution < -0.4 is 15.4 Å². The molecule has 23 heavy (non-hydrogen) atoms. The normalized spacial score (nSPS) is 10.2. The van der Waals surface area contributed by atoms with Crippen LogP contribution in [0.25, 0.3) is 0 Å². The predicted molar refractivity (Wildman–Crippen MR) is 88.0 cm³/mol. The molecule has 2 N–H and O–H groups in total. The summed E-state index contributed by atoms with van der Waals surface area (Å²) in [5, 5.41) is 6.28. The number of halogens is 1. The first-order valence-electron chi connectivity index (χ1n) is 6.99. The van der Waals surface area contributed by atoms with Gasteiger partial charge in [-0.25, -0.2) is 14.4 Å². The summed E-state index contributed by atoms with van der Waals surface area (Å²) in [5.74, 6) is 1.72. The Balaban J connectivity index is 1.75. The van der Waals surface area contributed by atoms with Gasteiger partial charge in [-0.05, 0) is 36.4 Å². The maximum atomic E-state index is 12.9. The molecule has 1 heterocycles. The molecule has 3 rings (SSSR count). The maximum Gasteiger partial charge on any atom is 0.135 e. The smallest absolute Gasteiger partial charge is 0.135 e. The topological polar surface area (TPSA) is 59.1 Å². The van der Waals surface area contributed by atoms with Crippen LogP contribution in [0.15, 0.2) is 60.9 Å². The molecule has 5 nitrogen and oxygen atoms in total. The molecule has 6 heteroatoms. The molecule has 0 atom stereocenters. The average Bonchev–Trinajstić information content (AvgIpc) is 2.57. The van der Waals surface area contributed by atoms with E-state index in [1.165, 1.54) is 18.5 Å². The zero-order valence-electron chi connectivity index (χ0n) is 12.5. The summed E-state index contributed by atoms with van der Waals surface area (Å²) in [7, 11) is 1.62. The number of hydrogen-bond acceptors (Lipinski definition) is 5. The third-order valence-corrected chi connectivity index (χ3v) is 3.13. The maximum absolute atomic E-state index is 12.9. The minimum absolute atomic E-state index is 0.279. The quantitative estimate of drug-likeness (QED) is 0.742. The van der Waals surface area contributed by atoms with E-state index >= 15 is 0 Å². The first-order chi connectivity index (χ1) is 11.2. The van der Waals surface area contributed by atoms with Gasteiger partial charge in [0, 0.05) is 23.5 Å². The zero-order chi connectivity index (χ0) is 16.1. The summed E-state index contributed by atoms with van der Waals surface area (Å²) in [6, 6.07) is 15.4. The molecule has 0 aliphatic rings. The molecule has 0 saturated heterocycles. The van der Waals surface area contributed by atoms with Crippen LogP contribution in [-0.4, -0.2) is 17.1 Å². The molecule has 3 aromatic rings. The van der Waals surface area contributed by atoms with Gasteiger partial charge in [-0.3, -0.25) is 0 Å². The van der Waals surface area contributed by atoms with Gasteiger partial charge in [0.05, 0.1) is 7.11 Å². The summed E-state index contributed by atoms with van der Waals surface area (Å²) < 4.78 is 18.1. The van der Waals surface area contributed by atoms with Crippen molar-refractivity contribution in [2.24, 2.45) is 0 Å². The lowest BCUT2D eigenvalue weighted by molar-refractivity contribution is 0.415. The average molecular weight is 310 g/mol. The van der Waals surface area contributed by atoms with Gasteiger partial charge in [-0.2, -0.15) is 0 Å². The van der Waals surface area contributed by atoms with Gasteiger partial charge in [-0.1, -0.05) is 6.07 Å². The van der Waals surface area contributed by atoms with Gasteiger partial charge in [0.1, 0.15) is 29.5 Å². The van der Waals surface area contributed by atoms with E-state index in [0.717, 1.165) is 17.1 Å². The molecule has 0 fully saturated rings. The molecule has 0 saturated carbocycles. The Morgan fingerprint density at radius 1 is 0.870 bits per heavy atom. The van der Waals surface area contributed by atoms with E-state index in [4.69, 9.17) is 4.74 Å². The van der Waals surface area contributed by atoms with Crippen molar-refractivity contribution in [3.05, 3.63) is 66.7 Å². The van der Waals surface area contributed by atoms with Gasteiger partial charge in [0.2, 0.25) is 0 Å². The van der Waals surface area contributed by atoms with Gasteiger partial charge in [0.15, 0.2) is 0 Å². The van der Waals surface area contributed by atoms with E-state index in [-0.39, 0.29) is 5.82 Å². The van der Waals surface area contributed by atoms with Crippen LogP contribution in [0.5, 0.6) is 5.75 Å². The molecule has 0 spiro atoms. The van der Waals surface area contributed by atoms with E-state index in [2.05, 4.69) is 20.6 Å². The zero-order valence-corrected chi connectivity index (χ0v) is 12.5. The Hall–Kier alpha value is -3.15. The number of hydrogen-bond donors (Lipinski definition) is 2. The lowest BCUT2D eigenvalue weighted by Gasteiger charge is -2.09. The molecule has 0 unspecified atom stereocenters. The highest BCUT2D eigenvalue weighted by atomic mass is 19.1. The molecule has 0 aliphatic heterocycles. The van der Waals surface area contributed by atoms with Crippen molar-refractivity contribution in [3.63, 3.8) is 0 Å². The molecule has 0 amide bonds. The molecule has 116 valence electrons. The Labute approximate surface area is 133 Å². The second-order valence-corrected chi connectivity index (χ2v) is 4.78. The lowest BCUT2D eigenvalue weighted by atomic mass is 10.3. The predicted octanol–water partition coefficient (Wildman–Crippen LogP) is 4.11. The van der Waals surface area contributed by atoms with Crippen molar-refractivity contribution >= 4 is 23.0 Å². The van der Waals surface area contributed by atoms with E-state index in [1.54, 1.807) is 25.3 Å². The van der Waals surface area contributed by atoms with Crippen molar-refractivity contribution in [3.8, 4) is 5.75 Å². The molecule has 0 radical (unpaired) electrons. The number of aromatic nitrogens is 2. The van der Waals surface area contributed by atoms with Gasteiger partial charge in [-0.15, -0.1) is 0 Å². The number of anilines is 4. The van der Waals surface area contributed by atoms with E-state index in [1.807, 2.05) is 24.3 Å². The Morgan fingerprint density at radius 3 is 2.26 bits per heavy atom. The molecule has 0 bridgehead atoms. The standard InChI is InChI=1S/C17H15FN4O/c1-23-15-4-2-3-14(9-15)22-17-10-16(19-11-20-17)21-13-7-5-12(18)6-8-13/h2-11H,1H3,(H2,19,20,21,22). The van der Waals surface area contributed by atoms with Crippen molar-refractivity contribution in [1.82, 2.24) is 9.97 Å². The highest BCUT2D eigenvalue weighted by molar-refractivity contribution is 5.63.